The third kappa shape index (κ3) is 4.54. The lowest BCUT2D eigenvalue weighted by atomic mass is 9.80. The second-order valence-corrected chi connectivity index (χ2v) is 8.61. The van der Waals surface area contributed by atoms with Crippen LogP contribution in [0.15, 0.2) is 71.1 Å². The van der Waals surface area contributed by atoms with Gasteiger partial charge in [-0.05, 0) is 36.6 Å². The number of hydrogen-bond donors (Lipinski definition) is 2. The number of carbonyl (C=O) groups is 2. The molecule has 0 fully saturated rings. The van der Waals surface area contributed by atoms with Crippen LogP contribution in [0, 0.1) is 0 Å². The molecule has 0 spiro atoms. The number of hydrogen-bond acceptors (Lipinski definition) is 6. The molecule has 172 valence electrons. The lowest BCUT2D eigenvalue weighted by molar-refractivity contribution is -0.139. The van der Waals surface area contributed by atoms with Gasteiger partial charge in [0.2, 0.25) is 0 Å². The molecular weight excluding hydrogens is 440 g/mol. The number of halogens is 1. The fourth-order valence-electron chi connectivity index (χ4n) is 4.65. The van der Waals surface area contributed by atoms with Crippen molar-refractivity contribution in [2.75, 3.05) is 13.7 Å². The van der Waals surface area contributed by atoms with E-state index in [2.05, 4.69) is 22.8 Å². The molecule has 6 nitrogen and oxygen atoms in total. The lowest BCUT2D eigenvalue weighted by Gasteiger charge is -2.30. The highest BCUT2D eigenvalue weighted by molar-refractivity contribution is 6.31. The van der Waals surface area contributed by atoms with Crippen molar-refractivity contribution in [3.8, 4) is 0 Å². The van der Waals surface area contributed by atoms with Crippen LogP contribution in [0.1, 0.15) is 48.9 Å². The minimum Gasteiger partial charge on any atom is -0.466 e. The molecule has 0 amide bonds. The molecule has 0 radical (unpaired) electrons. The first-order valence-corrected chi connectivity index (χ1v) is 11.3. The molecule has 2 aromatic carbocycles. The molecule has 4 rings (SSSR count). The topological polar surface area (TPSA) is 76.7 Å². The highest BCUT2D eigenvalue weighted by Crippen LogP contribution is 2.41. The van der Waals surface area contributed by atoms with E-state index in [0.29, 0.717) is 39.5 Å². The van der Waals surface area contributed by atoms with Gasteiger partial charge in [-0.25, -0.2) is 9.59 Å². The largest absolute Gasteiger partial charge is 0.466 e. The molecule has 2 heterocycles. The number of carbonyl (C=O) groups excluding carboxylic acids is 2. The van der Waals surface area contributed by atoms with Gasteiger partial charge in [-0.3, -0.25) is 0 Å². The van der Waals surface area contributed by atoms with Gasteiger partial charge in [0.05, 0.1) is 30.8 Å². The molecule has 2 aliphatic rings. The molecule has 33 heavy (non-hydrogen) atoms. The Morgan fingerprint density at radius 2 is 1.61 bits per heavy atom. The predicted octanol–water partition coefficient (Wildman–Crippen LogP) is 4.53. The van der Waals surface area contributed by atoms with E-state index in [1.165, 1.54) is 18.2 Å². The Morgan fingerprint density at radius 3 is 2.30 bits per heavy atom. The molecule has 7 heteroatoms. The SMILES string of the molecule is COC(=O)C1=C(C)NC(C)=C(C(=O)OCCC2NCc3ccccc32)C1c1ccccc1Cl. The van der Waals surface area contributed by atoms with Crippen molar-refractivity contribution in [1.29, 1.82) is 0 Å². The summed E-state index contributed by atoms with van der Waals surface area (Å²) in [6.45, 7) is 4.63. The fraction of sp³-hybridized carbons (Fsp3) is 0.308. The Morgan fingerprint density at radius 1 is 0.970 bits per heavy atom. The van der Waals surface area contributed by atoms with Gasteiger partial charge in [0.25, 0.3) is 0 Å². The second kappa shape index (κ2) is 9.81. The first-order chi connectivity index (χ1) is 15.9. The van der Waals surface area contributed by atoms with E-state index in [4.69, 9.17) is 21.1 Å². The Hall–Kier alpha value is -3.09. The van der Waals surface area contributed by atoms with Crippen molar-refractivity contribution in [1.82, 2.24) is 10.6 Å². The van der Waals surface area contributed by atoms with E-state index in [1.54, 1.807) is 19.9 Å². The maximum absolute atomic E-state index is 13.3. The van der Waals surface area contributed by atoms with Gasteiger partial charge in [0.15, 0.2) is 0 Å². The van der Waals surface area contributed by atoms with E-state index in [0.717, 1.165) is 6.54 Å². The van der Waals surface area contributed by atoms with Gasteiger partial charge in [0.1, 0.15) is 0 Å². The molecule has 2 unspecified atom stereocenters. The van der Waals surface area contributed by atoms with Crippen LogP contribution in [0.4, 0.5) is 0 Å². The van der Waals surface area contributed by atoms with Crippen molar-refractivity contribution in [3.63, 3.8) is 0 Å². The average Bonchev–Trinajstić information content (AvgIpc) is 3.21. The number of rotatable bonds is 6. The standard InChI is InChI=1S/C26H27ClN2O4/c1-15-22(25(30)32-3)24(19-10-6-7-11-20(19)27)23(16(2)29-15)26(31)33-13-12-21-18-9-5-4-8-17(18)14-28-21/h4-11,21,24,28-29H,12-14H2,1-3H3. The summed E-state index contributed by atoms with van der Waals surface area (Å²) in [6.07, 6.45) is 0.651. The number of allylic oxidation sites excluding steroid dienone is 2. The van der Waals surface area contributed by atoms with E-state index in [9.17, 15) is 9.59 Å². The van der Waals surface area contributed by atoms with E-state index in [1.807, 2.05) is 30.3 Å². The van der Waals surface area contributed by atoms with E-state index < -0.39 is 17.9 Å². The minimum absolute atomic E-state index is 0.140. The van der Waals surface area contributed by atoms with E-state index >= 15 is 0 Å². The van der Waals surface area contributed by atoms with Crippen LogP contribution in [0.2, 0.25) is 5.02 Å². The molecule has 0 saturated heterocycles. The summed E-state index contributed by atoms with van der Waals surface area (Å²) in [5.74, 6) is -1.69. The zero-order valence-electron chi connectivity index (χ0n) is 18.9. The molecular formula is C26H27ClN2O4. The first-order valence-electron chi connectivity index (χ1n) is 10.9. The zero-order chi connectivity index (χ0) is 23.5. The van der Waals surface area contributed by atoms with Crippen molar-refractivity contribution in [2.45, 2.75) is 38.8 Å². The molecule has 2 aliphatic heterocycles. The number of methoxy groups -OCH3 is 1. The molecule has 0 aliphatic carbocycles. The summed E-state index contributed by atoms with van der Waals surface area (Å²) in [7, 11) is 1.32. The Labute approximate surface area is 198 Å². The lowest BCUT2D eigenvalue weighted by Crippen LogP contribution is -2.32. The third-order valence-corrected chi connectivity index (χ3v) is 6.56. The van der Waals surface area contributed by atoms with Gasteiger partial charge < -0.3 is 20.1 Å². The summed E-state index contributed by atoms with van der Waals surface area (Å²) >= 11 is 6.50. The van der Waals surface area contributed by atoms with Gasteiger partial charge >= 0.3 is 11.9 Å². The summed E-state index contributed by atoms with van der Waals surface area (Å²) < 4.78 is 10.8. The molecule has 0 saturated carbocycles. The van der Waals surface area contributed by atoms with Gasteiger partial charge in [-0.2, -0.15) is 0 Å². The zero-order valence-corrected chi connectivity index (χ0v) is 19.7. The van der Waals surface area contributed by atoms with Gasteiger partial charge in [-0.15, -0.1) is 0 Å². The molecule has 0 bridgehead atoms. The molecule has 2 N–H and O–H groups in total. The van der Waals surface area contributed by atoms with Gasteiger partial charge in [0, 0.05) is 35.4 Å². The quantitative estimate of drug-likeness (QED) is 0.609. The summed E-state index contributed by atoms with van der Waals surface area (Å²) in [4.78, 5) is 26.0. The van der Waals surface area contributed by atoms with Crippen molar-refractivity contribution >= 4 is 23.5 Å². The van der Waals surface area contributed by atoms with Crippen LogP contribution in [0.3, 0.4) is 0 Å². The number of nitrogens with one attached hydrogen (secondary N) is 2. The third-order valence-electron chi connectivity index (χ3n) is 6.21. The summed E-state index contributed by atoms with van der Waals surface area (Å²) in [5, 5.41) is 7.06. The Balaban J connectivity index is 1.58. The Kier molecular flexibility index (Phi) is 6.86. The number of esters is 2. The normalized spacial score (nSPS) is 19.8. The number of ether oxygens (including phenoxy) is 2. The summed E-state index contributed by atoms with van der Waals surface area (Å²) in [6, 6.07) is 15.6. The van der Waals surface area contributed by atoms with Crippen molar-refractivity contribution in [2.24, 2.45) is 0 Å². The average molecular weight is 467 g/mol. The highest BCUT2D eigenvalue weighted by Gasteiger charge is 2.38. The number of benzene rings is 2. The Bertz CT molecular complexity index is 1150. The summed E-state index contributed by atoms with van der Waals surface area (Å²) in [5.41, 5.74) is 5.10. The van der Waals surface area contributed by atoms with E-state index in [-0.39, 0.29) is 12.6 Å². The first kappa shape index (κ1) is 23.1. The maximum atomic E-state index is 13.3. The number of dihydropyridines is 1. The van der Waals surface area contributed by atoms with Crippen LogP contribution < -0.4 is 10.6 Å². The van der Waals surface area contributed by atoms with Crippen molar-refractivity contribution in [3.05, 3.63) is 92.8 Å². The van der Waals surface area contributed by atoms with Gasteiger partial charge in [-0.1, -0.05) is 54.1 Å². The number of fused-ring (bicyclic) bond motifs is 1. The minimum atomic E-state index is -0.690. The fourth-order valence-corrected chi connectivity index (χ4v) is 4.89. The van der Waals surface area contributed by atoms with Crippen molar-refractivity contribution < 1.29 is 19.1 Å². The smallest absolute Gasteiger partial charge is 0.336 e. The highest BCUT2D eigenvalue weighted by atomic mass is 35.5. The molecule has 0 aromatic heterocycles. The van der Waals surface area contributed by atoms with Crippen LogP contribution >= 0.6 is 11.6 Å². The molecule has 2 atom stereocenters. The second-order valence-electron chi connectivity index (χ2n) is 8.21. The monoisotopic (exact) mass is 466 g/mol. The molecule has 2 aromatic rings. The van der Waals surface area contributed by atoms with Crippen LogP contribution in [0.25, 0.3) is 0 Å². The van der Waals surface area contributed by atoms with Crippen LogP contribution in [-0.4, -0.2) is 25.7 Å². The van der Waals surface area contributed by atoms with Crippen LogP contribution in [-0.2, 0) is 25.6 Å². The van der Waals surface area contributed by atoms with Crippen LogP contribution in [0.5, 0.6) is 0 Å². The predicted molar refractivity (Wildman–Crippen MR) is 126 cm³/mol. The maximum Gasteiger partial charge on any atom is 0.336 e.